The van der Waals surface area contributed by atoms with Gasteiger partial charge in [-0.15, -0.1) is 0 Å². The maximum absolute atomic E-state index is 8.54. The minimum atomic E-state index is 0.121. The quantitative estimate of drug-likeness (QED) is 0.355. The van der Waals surface area contributed by atoms with Crippen LogP contribution in [-0.2, 0) is 11.2 Å². The molecule has 0 amide bonds. The molecule has 3 N–H and O–H groups in total. The van der Waals surface area contributed by atoms with Crippen LogP contribution in [0.25, 0.3) is 0 Å². The van der Waals surface area contributed by atoms with Crippen LogP contribution < -0.4 is 10.5 Å². The topological polar surface area (TPSA) is 80.3 Å². The van der Waals surface area contributed by atoms with E-state index in [1.54, 1.807) is 0 Å². The summed E-state index contributed by atoms with van der Waals surface area (Å²) in [5.74, 6) is 0.995. The van der Waals surface area contributed by atoms with Crippen LogP contribution in [0.1, 0.15) is 12.5 Å². The molecule has 0 bridgehead atoms. The third-order valence-electron chi connectivity index (χ3n) is 3.54. The lowest BCUT2D eigenvalue weighted by atomic mass is 10.1. The second kappa shape index (κ2) is 7.85. The number of hydrogen-bond donors (Lipinski definition) is 2. The molecule has 1 saturated heterocycles. The first-order chi connectivity index (χ1) is 10.2. The van der Waals surface area contributed by atoms with Gasteiger partial charge in [-0.05, 0) is 24.2 Å². The molecule has 1 aromatic rings. The fourth-order valence-corrected chi connectivity index (χ4v) is 2.31. The van der Waals surface area contributed by atoms with E-state index in [0.29, 0.717) is 13.0 Å². The van der Waals surface area contributed by atoms with Gasteiger partial charge in [-0.25, -0.2) is 0 Å². The van der Waals surface area contributed by atoms with E-state index in [0.717, 1.165) is 37.6 Å². The third-order valence-corrected chi connectivity index (χ3v) is 3.54. The number of likely N-dealkylation sites (N-methyl/N-ethyl adjacent to an activating group) is 1. The Bertz CT molecular complexity index is 462. The summed E-state index contributed by atoms with van der Waals surface area (Å²) in [5.41, 5.74) is 6.45. The number of ether oxygens (including phenoxy) is 2. The predicted molar refractivity (Wildman–Crippen MR) is 80.9 cm³/mol. The molecule has 1 aliphatic heterocycles. The molecule has 1 atom stereocenters. The van der Waals surface area contributed by atoms with Gasteiger partial charge in [0.1, 0.15) is 24.3 Å². The van der Waals surface area contributed by atoms with Gasteiger partial charge in [-0.2, -0.15) is 0 Å². The number of nitrogens with two attached hydrogens (primary N) is 1. The minimum absolute atomic E-state index is 0.121. The summed E-state index contributed by atoms with van der Waals surface area (Å²) < 4.78 is 11.5. The van der Waals surface area contributed by atoms with Gasteiger partial charge in [0.25, 0.3) is 0 Å². The van der Waals surface area contributed by atoms with Crippen molar-refractivity contribution in [3.05, 3.63) is 29.8 Å². The van der Waals surface area contributed by atoms with E-state index in [-0.39, 0.29) is 11.9 Å². The first-order valence-electron chi connectivity index (χ1n) is 7.23. The van der Waals surface area contributed by atoms with E-state index in [4.69, 9.17) is 20.4 Å². The molecular weight excluding hydrogens is 270 g/mol. The maximum Gasteiger partial charge on any atom is 0.143 e. The molecule has 6 heteroatoms. The van der Waals surface area contributed by atoms with E-state index in [1.807, 2.05) is 24.3 Å². The summed E-state index contributed by atoms with van der Waals surface area (Å²) in [7, 11) is 0. The molecule has 1 aliphatic rings. The largest absolute Gasteiger partial charge is 0.491 e. The fourth-order valence-electron chi connectivity index (χ4n) is 2.31. The van der Waals surface area contributed by atoms with Crippen molar-refractivity contribution >= 4 is 5.84 Å². The van der Waals surface area contributed by atoms with Crippen molar-refractivity contribution in [3.8, 4) is 5.75 Å². The highest BCUT2D eigenvalue weighted by atomic mass is 16.5. The number of morpholine rings is 1. The summed E-state index contributed by atoms with van der Waals surface area (Å²) in [6.45, 7) is 6.43. The lowest BCUT2D eigenvalue weighted by molar-refractivity contribution is -0.0464. The van der Waals surface area contributed by atoms with Crippen molar-refractivity contribution in [2.75, 3.05) is 32.8 Å². The highest BCUT2D eigenvalue weighted by molar-refractivity contribution is 5.82. The zero-order valence-corrected chi connectivity index (χ0v) is 12.4. The van der Waals surface area contributed by atoms with Crippen molar-refractivity contribution in [3.63, 3.8) is 0 Å². The first kappa shape index (κ1) is 15.6. The molecule has 21 heavy (non-hydrogen) atoms. The average Bonchev–Trinajstić information content (AvgIpc) is 2.54. The van der Waals surface area contributed by atoms with Gasteiger partial charge >= 0.3 is 0 Å². The van der Waals surface area contributed by atoms with E-state index >= 15 is 0 Å². The van der Waals surface area contributed by atoms with Crippen LogP contribution in [0, 0.1) is 0 Å². The van der Waals surface area contributed by atoms with Gasteiger partial charge in [0.05, 0.1) is 6.61 Å². The van der Waals surface area contributed by atoms with Crippen molar-refractivity contribution < 1.29 is 14.7 Å². The number of benzene rings is 1. The lowest BCUT2D eigenvalue weighted by Crippen LogP contribution is -2.44. The zero-order chi connectivity index (χ0) is 15.1. The number of amidine groups is 1. The standard InChI is InChI=1S/C15H23N3O3/c1-2-18-7-8-20-14(10-18)11-21-13-5-3-12(4-6-13)9-15(16)17-19/h3-6,14,19H,2,7-11H2,1H3,(H2,16,17). The maximum atomic E-state index is 8.54. The molecule has 0 spiro atoms. The van der Waals surface area contributed by atoms with E-state index in [1.165, 1.54) is 0 Å². The molecule has 1 unspecified atom stereocenters. The smallest absolute Gasteiger partial charge is 0.143 e. The van der Waals surface area contributed by atoms with Gasteiger partial charge in [-0.1, -0.05) is 24.2 Å². The van der Waals surface area contributed by atoms with Gasteiger partial charge < -0.3 is 20.4 Å². The zero-order valence-electron chi connectivity index (χ0n) is 12.4. The van der Waals surface area contributed by atoms with Crippen molar-refractivity contribution in [2.24, 2.45) is 10.9 Å². The van der Waals surface area contributed by atoms with Gasteiger partial charge in [0, 0.05) is 19.5 Å². The second-order valence-corrected chi connectivity index (χ2v) is 5.11. The predicted octanol–water partition coefficient (Wildman–Crippen LogP) is 1.07. The Morgan fingerprint density at radius 3 is 2.90 bits per heavy atom. The van der Waals surface area contributed by atoms with Crippen LogP contribution >= 0.6 is 0 Å². The average molecular weight is 293 g/mol. The third kappa shape index (κ3) is 4.91. The van der Waals surface area contributed by atoms with Crippen molar-refractivity contribution in [1.29, 1.82) is 0 Å². The highest BCUT2D eigenvalue weighted by Crippen LogP contribution is 2.14. The molecule has 0 aromatic heterocycles. The molecule has 2 rings (SSSR count). The number of nitrogens with zero attached hydrogens (tertiary/aromatic N) is 2. The van der Waals surface area contributed by atoms with E-state index in [9.17, 15) is 0 Å². The molecule has 1 heterocycles. The Balaban J connectivity index is 1.80. The Labute approximate surface area is 125 Å². The summed E-state index contributed by atoms with van der Waals surface area (Å²) >= 11 is 0. The second-order valence-electron chi connectivity index (χ2n) is 5.11. The lowest BCUT2D eigenvalue weighted by Gasteiger charge is -2.31. The van der Waals surface area contributed by atoms with Gasteiger partial charge in [0.15, 0.2) is 0 Å². The Morgan fingerprint density at radius 2 is 2.24 bits per heavy atom. The Morgan fingerprint density at radius 1 is 1.48 bits per heavy atom. The molecule has 1 fully saturated rings. The summed E-state index contributed by atoms with van der Waals surface area (Å²) in [5, 5.41) is 11.5. The van der Waals surface area contributed by atoms with Crippen LogP contribution in [0.15, 0.2) is 29.4 Å². The van der Waals surface area contributed by atoms with Gasteiger partial charge in [-0.3, -0.25) is 4.90 Å². The van der Waals surface area contributed by atoms with Crippen LogP contribution in [0.4, 0.5) is 0 Å². The monoisotopic (exact) mass is 293 g/mol. The summed E-state index contributed by atoms with van der Waals surface area (Å²) in [6.07, 6.45) is 0.545. The van der Waals surface area contributed by atoms with Crippen LogP contribution in [0.2, 0.25) is 0 Å². The molecule has 116 valence electrons. The minimum Gasteiger partial charge on any atom is -0.491 e. The van der Waals surface area contributed by atoms with Crippen LogP contribution in [0.5, 0.6) is 5.75 Å². The Kier molecular flexibility index (Phi) is 5.83. The molecule has 0 aliphatic carbocycles. The normalized spacial score (nSPS) is 20.4. The molecule has 1 aromatic carbocycles. The number of rotatable bonds is 6. The summed E-state index contributed by atoms with van der Waals surface area (Å²) in [4.78, 5) is 2.36. The number of oxime groups is 1. The van der Waals surface area contributed by atoms with Crippen molar-refractivity contribution in [2.45, 2.75) is 19.4 Å². The van der Waals surface area contributed by atoms with Gasteiger partial charge in [0.2, 0.25) is 0 Å². The van der Waals surface area contributed by atoms with Crippen molar-refractivity contribution in [1.82, 2.24) is 4.90 Å². The first-order valence-corrected chi connectivity index (χ1v) is 7.23. The highest BCUT2D eigenvalue weighted by Gasteiger charge is 2.19. The van der Waals surface area contributed by atoms with Crippen LogP contribution in [-0.4, -0.2) is 54.9 Å². The molecule has 6 nitrogen and oxygen atoms in total. The number of hydrogen-bond acceptors (Lipinski definition) is 5. The SMILES string of the molecule is CCN1CCOC(COc2ccc(CC(N)=NO)cc2)C1. The molecular formula is C15H23N3O3. The fraction of sp³-hybridized carbons (Fsp3) is 0.533. The van der Waals surface area contributed by atoms with E-state index in [2.05, 4.69) is 17.0 Å². The molecule has 0 radical (unpaired) electrons. The van der Waals surface area contributed by atoms with Crippen LogP contribution in [0.3, 0.4) is 0 Å². The molecule has 0 saturated carbocycles. The Hall–Kier alpha value is -1.79. The van der Waals surface area contributed by atoms with E-state index < -0.39 is 0 Å². The summed E-state index contributed by atoms with van der Waals surface area (Å²) in [6, 6.07) is 7.60.